The van der Waals surface area contributed by atoms with E-state index in [9.17, 15) is 9.18 Å². The van der Waals surface area contributed by atoms with E-state index in [-0.39, 0.29) is 41.9 Å². The van der Waals surface area contributed by atoms with Crippen LogP contribution in [0.25, 0.3) is 0 Å². The number of benzene rings is 1. The maximum Gasteiger partial charge on any atom is 0.314 e. The van der Waals surface area contributed by atoms with Crippen LogP contribution in [0.5, 0.6) is 0 Å². The lowest BCUT2D eigenvalue weighted by atomic mass is 9.73. The second-order valence-corrected chi connectivity index (χ2v) is 9.88. The lowest BCUT2D eigenvalue weighted by Gasteiger charge is -2.47. The second kappa shape index (κ2) is 10.9. The molecule has 8 heteroatoms. The van der Waals surface area contributed by atoms with Gasteiger partial charge in [-0.15, -0.1) is 0 Å². The number of allylic oxidation sites excluding steroid dienone is 3. The molecule has 0 bridgehead atoms. The third-order valence-electron chi connectivity index (χ3n) is 6.75. The van der Waals surface area contributed by atoms with Crippen LogP contribution < -0.4 is 16.0 Å². The Balaban J connectivity index is 1.42. The summed E-state index contributed by atoms with van der Waals surface area (Å²) in [6.45, 7) is 1.97. The molecule has 2 heterocycles. The largest absolute Gasteiger partial charge is 0.379 e. The molecule has 180 valence electrons. The van der Waals surface area contributed by atoms with Gasteiger partial charge in [-0.25, -0.2) is 9.18 Å². The molecule has 3 N–H and O–H groups in total. The Morgan fingerprint density at radius 2 is 2.12 bits per heavy atom. The van der Waals surface area contributed by atoms with Crippen LogP contribution in [0.4, 0.5) is 14.9 Å². The first-order valence-electron chi connectivity index (χ1n) is 11.8. The topological polar surface area (TPSA) is 65.6 Å². The smallest absolute Gasteiger partial charge is 0.314 e. The Bertz CT molecular complexity index is 907. The molecule has 3 aliphatic rings. The summed E-state index contributed by atoms with van der Waals surface area (Å²) in [6, 6.07) is 3.05. The van der Waals surface area contributed by atoms with Gasteiger partial charge in [0.15, 0.2) is 0 Å². The molecule has 0 saturated carbocycles. The lowest BCUT2D eigenvalue weighted by Crippen LogP contribution is -2.49. The van der Waals surface area contributed by atoms with E-state index in [2.05, 4.69) is 45.2 Å². The van der Waals surface area contributed by atoms with Gasteiger partial charge in [0.1, 0.15) is 5.82 Å². The van der Waals surface area contributed by atoms with Gasteiger partial charge in [0, 0.05) is 41.6 Å². The first-order chi connectivity index (χ1) is 15.9. The molecule has 0 spiro atoms. The quantitative estimate of drug-likeness (QED) is 0.507. The predicted molar refractivity (Wildman–Crippen MR) is 130 cm³/mol. The number of carbonyl (C=O) groups excluding carboxylic acids is 1. The molecule has 2 aliphatic heterocycles. The fourth-order valence-electron chi connectivity index (χ4n) is 5.13. The summed E-state index contributed by atoms with van der Waals surface area (Å²) in [6.07, 6.45) is 11.7. The summed E-state index contributed by atoms with van der Waals surface area (Å²) >= 11 is 6.21. The maximum atomic E-state index is 14.9. The summed E-state index contributed by atoms with van der Waals surface area (Å²) in [5.74, 6) is 0.127. The van der Waals surface area contributed by atoms with Gasteiger partial charge in [0.25, 0.3) is 0 Å². The predicted octanol–water partition coefficient (Wildman–Crippen LogP) is 4.49. The van der Waals surface area contributed by atoms with Crippen molar-refractivity contribution in [3.63, 3.8) is 0 Å². The number of ether oxygens (including phenoxy) is 1. The molecule has 0 radical (unpaired) electrons. The second-order valence-electron chi connectivity index (χ2n) is 9.45. The minimum atomic E-state index is -0.350. The van der Waals surface area contributed by atoms with Gasteiger partial charge >= 0.3 is 6.03 Å². The van der Waals surface area contributed by atoms with Crippen molar-refractivity contribution >= 4 is 23.3 Å². The zero-order valence-corrected chi connectivity index (χ0v) is 20.1. The SMILES string of the molecule is CN(C)CCCNC(=O)NC[C@H]1CC[C@@H]2[C@H](O1)c1cc(Cl)cc(F)c1N[C@H]2C1C=CC=CC1. The Morgan fingerprint density at radius 3 is 2.88 bits per heavy atom. The van der Waals surface area contributed by atoms with E-state index in [0.29, 0.717) is 23.8 Å². The lowest BCUT2D eigenvalue weighted by molar-refractivity contribution is -0.0931. The normalized spacial score (nSPS) is 28.1. The molecule has 33 heavy (non-hydrogen) atoms. The highest BCUT2D eigenvalue weighted by Gasteiger charge is 2.44. The summed E-state index contributed by atoms with van der Waals surface area (Å²) in [5, 5.41) is 9.67. The van der Waals surface area contributed by atoms with E-state index >= 15 is 0 Å². The first-order valence-corrected chi connectivity index (χ1v) is 12.2. The van der Waals surface area contributed by atoms with E-state index in [0.717, 1.165) is 37.8 Å². The van der Waals surface area contributed by atoms with Crippen LogP contribution in [-0.4, -0.2) is 56.8 Å². The number of halogens is 2. The van der Waals surface area contributed by atoms with Crippen LogP contribution in [0.15, 0.2) is 36.4 Å². The summed E-state index contributed by atoms with van der Waals surface area (Å²) < 4.78 is 21.4. The Hall–Kier alpha value is -2.09. The molecular weight excluding hydrogens is 443 g/mol. The van der Waals surface area contributed by atoms with Crippen molar-refractivity contribution in [1.82, 2.24) is 15.5 Å². The van der Waals surface area contributed by atoms with E-state index in [1.54, 1.807) is 0 Å². The van der Waals surface area contributed by atoms with Crippen molar-refractivity contribution in [2.45, 2.75) is 43.9 Å². The number of amides is 2. The van der Waals surface area contributed by atoms with Crippen molar-refractivity contribution in [3.8, 4) is 0 Å². The van der Waals surface area contributed by atoms with Gasteiger partial charge in [0.2, 0.25) is 0 Å². The number of hydrogen-bond acceptors (Lipinski definition) is 4. The highest BCUT2D eigenvalue weighted by atomic mass is 35.5. The number of carbonyl (C=O) groups is 1. The molecular formula is C25H34ClFN4O2. The molecule has 1 unspecified atom stereocenters. The standard InChI is InChI=1S/C25H34ClFN4O2/c1-31(2)12-6-11-28-25(32)29-15-18-9-10-19-22(16-7-4-3-5-8-16)30-23-20(24(19)33-18)13-17(26)14-21(23)27/h3-5,7,13-14,16,18-19,22,24,30H,6,8-12,15H2,1-2H3,(H2,28,29,32)/t16?,18-,19+,22+,24+/m1/s1. The molecule has 6 nitrogen and oxygen atoms in total. The minimum Gasteiger partial charge on any atom is -0.379 e. The number of hydrogen-bond donors (Lipinski definition) is 3. The maximum absolute atomic E-state index is 14.9. The zero-order chi connectivity index (χ0) is 23.4. The van der Waals surface area contributed by atoms with Gasteiger partial charge in [-0.2, -0.15) is 0 Å². The van der Waals surface area contributed by atoms with Crippen LogP contribution in [0, 0.1) is 17.7 Å². The zero-order valence-electron chi connectivity index (χ0n) is 19.3. The number of nitrogens with zero attached hydrogens (tertiary/aromatic N) is 1. The van der Waals surface area contributed by atoms with E-state index in [1.807, 2.05) is 20.2 Å². The average molecular weight is 477 g/mol. The molecule has 0 aromatic heterocycles. The van der Waals surface area contributed by atoms with Crippen molar-refractivity contribution in [2.24, 2.45) is 11.8 Å². The van der Waals surface area contributed by atoms with Gasteiger partial charge in [0.05, 0.1) is 17.9 Å². The summed E-state index contributed by atoms with van der Waals surface area (Å²) in [4.78, 5) is 14.3. The highest BCUT2D eigenvalue weighted by Crippen LogP contribution is 2.49. The average Bonchev–Trinajstić information content (AvgIpc) is 2.80. The fourth-order valence-corrected chi connectivity index (χ4v) is 5.34. The fraction of sp³-hybridized carbons (Fsp3) is 0.560. The minimum absolute atomic E-state index is 0.0771. The number of anilines is 1. The van der Waals surface area contributed by atoms with Gasteiger partial charge in [-0.3, -0.25) is 0 Å². The van der Waals surface area contributed by atoms with Gasteiger partial charge in [-0.05, 0) is 58.5 Å². The number of fused-ring (bicyclic) bond motifs is 3. The molecule has 5 atom stereocenters. The van der Waals surface area contributed by atoms with Crippen molar-refractivity contribution < 1.29 is 13.9 Å². The first kappa shape index (κ1) is 24.0. The van der Waals surface area contributed by atoms with Crippen molar-refractivity contribution in [1.29, 1.82) is 0 Å². The van der Waals surface area contributed by atoms with Crippen LogP contribution >= 0.6 is 11.6 Å². The van der Waals surface area contributed by atoms with Crippen LogP contribution in [0.2, 0.25) is 5.02 Å². The summed E-state index contributed by atoms with van der Waals surface area (Å²) in [5.41, 5.74) is 1.26. The molecule has 1 fully saturated rings. The van der Waals surface area contributed by atoms with E-state index < -0.39 is 0 Å². The van der Waals surface area contributed by atoms with Crippen molar-refractivity contribution in [2.75, 3.05) is 39.0 Å². The molecule has 1 aromatic rings. The van der Waals surface area contributed by atoms with E-state index in [4.69, 9.17) is 16.3 Å². The number of rotatable bonds is 7. The Labute approximate surface area is 200 Å². The molecule has 4 rings (SSSR count). The highest BCUT2D eigenvalue weighted by molar-refractivity contribution is 6.30. The Morgan fingerprint density at radius 1 is 1.27 bits per heavy atom. The molecule has 1 aliphatic carbocycles. The monoisotopic (exact) mass is 476 g/mol. The van der Waals surface area contributed by atoms with Gasteiger partial charge < -0.3 is 25.6 Å². The van der Waals surface area contributed by atoms with Crippen molar-refractivity contribution in [3.05, 3.63) is 52.8 Å². The molecule has 1 saturated heterocycles. The molecule has 2 amide bonds. The Kier molecular flexibility index (Phi) is 7.94. The third kappa shape index (κ3) is 5.89. The van der Waals surface area contributed by atoms with Crippen LogP contribution in [-0.2, 0) is 4.74 Å². The van der Waals surface area contributed by atoms with Crippen LogP contribution in [0.3, 0.4) is 0 Å². The number of nitrogens with one attached hydrogen (secondary N) is 3. The van der Waals surface area contributed by atoms with Gasteiger partial charge in [-0.1, -0.05) is 35.9 Å². The third-order valence-corrected chi connectivity index (χ3v) is 6.97. The number of urea groups is 1. The van der Waals surface area contributed by atoms with E-state index in [1.165, 1.54) is 6.07 Å². The van der Waals surface area contributed by atoms with Crippen LogP contribution in [0.1, 0.15) is 37.4 Å². The summed E-state index contributed by atoms with van der Waals surface area (Å²) in [7, 11) is 4.02. The molecule has 1 aromatic carbocycles.